The lowest BCUT2D eigenvalue weighted by molar-refractivity contribution is -0.142. The van der Waals surface area contributed by atoms with E-state index in [1.54, 1.807) is 30.3 Å². The molecule has 0 aliphatic heterocycles. The van der Waals surface area contributed by atoms with Crippen molar-refractivity contribution in [2.75, 3.05) is 19.7 Å². The minimum absolute atomic E-state index is 0.0130. The maximum Gasteiger partial charge on any atom is 0.326 e. The molecule has 0 radical (unpaired) electrons. The Morgan fingerprint density at radius 1 is 0.750 bits per heavy atom. The van der Waals surface area contributed by atoms with Crippen LogP contribution in [0, 0.1) is 0 Å². The molecule has 40 heavy (non-hydrogen) atoms. The van der Waals surface area contributed by atoms with E-state index in [1.165, 1.54) is 0 Å². The Hall–Kier alpha value is -4.44. The first-order chi connectivity index (χ1) is 18.9. The first-order valence-electron chi connectivity index (χ1n) is 12.6. The minimum Gasteiger partial charge on any atom is -0.480 e. The van der Waals surface area contributed by atoms with Crippen molar-refractivity contribution >= 4 is 35.6 Å². The van der Waals surface area contributed by atoms with Crippen molar-refractivity contribution in [1.29, 1.82) is 0 Å². The average Bonchev–Trinajstić information content (AvgIpc) is 2.91. The van der Waals surface area contributed by atoms with Crippen LogP contribution in [0.1, 0.15) is 31.2 Å². The Balaban J connectivity index is 3.09. The van der Waals surface area contributed by atoms with E-state index in [0.29, 0.717) is 5.56 Å². The molecular weight excluding hydrogens is 524 g/mol. The van der Waals surface area contributed by atoms with Crippen molar-refractivity contribution in [2.24, 2.45) is 38.7 Å². The van der Waals surface area contributed by atoms with Gasteiger partial charge in [0.25, 0.3) is 0 Å². The highest BCUT2D eigenvalue weighted by molar-refractivity contribution is 5.94. The summed E-state index contributed by atoms with van der Waals surface area (Å²) in [6.45, 7) is -0.337. The molecule has 0 saturated carbocycles. The maximum atomic E-state index is 13.2. The Labute approximate surface area is 231 Å². The number of carbonyl (C=O) groups excluding carboxylic acids is 3. The second-order valence-electron chi connectivity index (χ2n) is 8.90. The van der Waals surface area contributed by atoms with Gasteiger partial charge >= 0.3 is 5.97 Å². The lowest BCUT2D eigenvalue weighted by Crippen LogP contribution is -2.57. The number of rotatable bonds is 18. The fraction of sp³-hybridized carbons (Fsp3) is 0.500. The van der Waals surface area contributed by atoms with Gasteiger partial charge in [-0.05, 0) is 31.2 Å². The number of guanidine groups is 2. The summed E-state index contributed by atoms with van der Waals surface area (Å²) >= 11 is 0. The van der Waals surface area contributed by atoms with Crippen molar-refractivity contribution in [1.82, 2.24) is 16.0 Å². The molecule has 4 unspecified atom stereocenters. The highest BCUT2D eigenvalue weighted by atomic mass is 16.4. The van der Waals surface area contributed by atoms with E-state index in [0.717, 1.165) is 0 Å². The van der Waals surface area contributed by atoms with Gasteiger partial charge in [0, 0.05) is 19.5 Å². The van der Waals surface area contributed by atoms with Crippen molar-refractivity contribution in [3.8, 4) is 0 Å². The zero-order valence-electron chi connectivity index (χ0n) is 22.2. The first kappa shape index (κ1) is 33.6. The highest BCUT2D eigenvalue weighted by Gasteiger charge is 2.30. The van der Waals surface area contributed by atoms with E-state index in [1.807, 2.05) is 0 Å². The molecule has 15 N–H and O–H groups in total. The van der Waals surface area contributed by atoms with E-state index in [4.69, 9.17) is 28.7 Å². The molecule has 3 amide bonds. The van der Waals surface area contributed by atoms with Gasteiger partial charge in [0.05, 0.1) is 6.61 Å². The van der Waals surface area contributed by atoms with E-state index in [-0.39, 0.29) is 57.1 Å². The zero-order valence-corrected chi connectivity index (χ0v) is 22.2. The number of carbonyl (C=O) groups is 4. The number of hydrogen-bond donors (Lipinski definition) is 10. The predicted molar refractivity (Wildman–Crippen MR) is 148 cm³/mol. The summed E-state index contributed by atoms with van der Waals surface area (Å²) in [5.41, 5.74) is 27.6. The number of nitrogens with zero attached hydrogens (tertiary/aromatic N) is 2. The minimum atomic E-state index is -1.28. The SMILES string of the molecule is NC(N)=NCCCC(NC(=O)C(N)CO)C(=O)NC(CCCN=C(N)N)C(=O)NC(Cc1ccccc1)C(=O)O. The number of aliphatic imine (C=N–C) groups is 2. The third-order valence-corrected chi connectivity index (χ3v) is 5.59. The van der Waals surface area contributed by atoms with Gasteiger partial charge in [0.1, 0.15) is 24.2 Å². The van der Waals surface area contributed by atoms with Gasteiger partial charge in [-0.1, -0.05) is 30.3 Å². The van der Waals surface area contributed by atoms with E-state index < -0.39 is 54.5 Å². The van der Waals surface area contributed by atoms with Crippen LogP contribution in [0.5, 0.6) is 0 Å². The van der Waals surface area contributed by atoms with Gasteiger partial charge in [-0.15, -0.1) is 0 Å². The monoisotopic (exact) mass is 564 g/mol. The second-order valence-corrected chi connectivity index (χ2v) is 8.90. The number of nitrogens with one attached hydrogen (secondary N) is 3. The van der Waals surface area contributed by atoms with Gasteiger partial charge in [0.15, 0.2) is 11.9 Å². The Morgan fingerprint density at radius 3 is 1.62 bits per heavy atom. The molecule has 1 aromatic rings. The quantitative estimate of drug-likeness (QED) is 0.0468. The summed E-state index contributed by atoms with van der Waals surface area (Å²) in [6, 6.07) is 3.81. The molecule has 0 spiro atoms. The Morgan fingerprint density at radius 2 is 1.20 bits per heavy atom. The van der Waals surface area contributed by atoms with Crippen molar-refractivity contribution in [2.45, 2.75) is 56.3 Å². The number of aliphatic hydroxyl groups is 1. The molecule has 4 atom stereocenters. The standard InChI is InChI=1S/C24H40N10O6/c25-15(13-35)19(36)32-16(8-4-10-30-23(26)27)20(37)33-17(9-5-11-31-24(28)29)21(38)34-18(22(39)40)12-14-6-2-1-3-7-14/h1-3,6-7,15-18,35H,4-5,8-13,25H2,(H,32,36)(H,33,37)(H,34,38)(H,39,40)(H4,26,27,30)(H4,28,29,31). The average molecular weight is 565 g/mol. The van der Waals surface area contributed by atoms with Gasteiger partial charge in [-0.2, -0.15) is 0 Å². The number of nitrogens with two attached hydrogens (primary N) is 5. The van der Waals surface area contributed by atoms with Crippen LogP contribution in [0.15, 0.2) is 40.3 Å². The lowest BCUT2D eigenvalue weighted by Gasteiger charge is -2.25. The molecule has 0 bridgehead atoms. The highest BCUT2D eigenvalue weighted by Crippen LogP contribution is 2.07. The molecule has 222 valence electrons. The molecule has 16 nitrogen and oxygen atoms in total. The van der Waals surface area contributed by atoms with Gasteiger partial charge in [-0.25, -0.2) is 4.79 Å². The van der Waals surface area contributed by atoms with Crippen LogP contribution >= 0.6 is 0 Å². The van der Waals surface area contributed by atoms with Crippen molar-refractivity contribution in [3.05, 3.63) is 35.9 Å². The zero-order chi connectivity index (χ0) is 30.1. The molecule has 0 fully saturated rings. The van der Waals surface area contributed by atoms with Gasteiger partial charge < -0.3 is 54.8 Å². The fourth-order valence-corrected chi connectivity index (χ4v) is 3.50. The molecule has 0 aliphatic carbocycles. The summed E-state index contributed by atoms with van der Waals surface area (Å²) in [5, 5.41) is 26.4. The van der Waals surface area contributed by atoms with Crippen LogP contribution < -0.4 is 44.6 Å². The van der Waals surface area contributed by atoms with E-state index in [2.05, 4.69) is 25.9 Å². The molecule has 1 rings (SSSR count). The molecule has 0 saturated heterocycles. The van der Waals surface area contributed by atoms with Crippen LogP contribution in [0.2, 0.25) is 0 Å². The molecule has 16 heteroatoms. The number of carboxylic acids is 1. The van der Waals surface area contributed by atoms with E-state index >= 15 is 0 Å². The normalized spacial score (nSPS) is 13.6. The summed E-state index contributed by atoms with van der Waals surface area (Å²) < 4.78 is 0. The fourth-order valence-electron chi connectivity index (χ4n) is 3.50. The molecule has 0 heterocycles. The summed E-state index contributed by atoms with van der Waals surface area (Å²) in [4.78, 5) is 58.3. The number of carboxylic acid groups (broad SMARTS) is 1. The topological polar surface area (TPSA) is 300 Å². The van der Waals surface area contributed by atoms with E-state index in [9.17, 15) is 29.4 Å². The Bertz CT molecular complexity index is 1030. The summed E-state index contributed by atoms with van der Waals surface area (Å²) in [6.07, 6.45) is 0.685. The Kier molecular flexibility index (Phi) is 15.1. The van der Waals surface area contributed by atoms with Crippen molar-refractivity contribution in [3.63, 3.8) is 0 Å². The third-order valence-electron chi connectivity index (χ3n) is 5.59. The largest absolute Gasteiger partial charge is 0.480 e. The van der Waals surface area contributed by atoms with Crippen molar-refractivity contribution < 1.29 is 29.4 Å². The van der Waals surface area contributed by atoms with Crippen LogP contribution in [0.4, 0.5) is 0 Å². The third kappa shape index (κ3) is 13.4. The predicted octanol–water partition coefficient (Wildman–Crippen LogP) is -3.81. The summed E-state index contributed by atoms with van der Waals surface area (Å²) in [7, 11) is 0. The second kappa shape index (κ2) is 18.0. The van der Waals surface area contributed by atoms with Crippen LogP contribution in [-0.4, -0.2) is 89.7 Å². The summed E-state index contributed by atoms with van der Waals surface area (Å²) in [5.74, 6) is -3.83. The van der Waals surface area contributed by atoms with Crippen LogP contribution in [0.3, 0.4) is 0 Å². The smallest absolute Gasteiger partial charge is 0.326 e. The number of aliphatic hydroxyl groups excluding tert-OH is 1. The van der Waals surface area contributed by atoms with Gasteiger partial charge in [-0.3, -0.25) is 24.4 Å². The van der Waals surface area contributed by atoms with Crippen LogP contribution in [0.25, 0.3) is 0 Å². The molecule has 1 aromatic carbocycles. The maximum absolute atomic E-state index is 13.2. The number of hydrogen-bond acceptors (Lipinski definition) is 8. The number of benzene rings is 1. The molecule has 0 aromatic heterocycles. The first-order valence-corrected chi connectivity index (χ1v) is 12.6. The van der Waals surface area contributed by atoms with Crippen LogP contribution in [-0.2, 0) is 25.6 Å². The van der Waals surface area contributed by atoms with Gasteiger partial charge in [0.2, 0.25) is 17.7 Å². The number of aliphatic carboxylic acids is 1. The molecular formula is C24H40N10O6. The lowest BCUT2D eigenvalue weighted by atomic mass is 10.0. The number of amides is 3. The molecule has 0 aliphatic rings.